The first-order valence-electron chi connectivity index (χ1n) is 5.95. The highest BCUT2D eigenvalue weighted by molar-refractivity contribution is 5.83. The molecule has 0 fully saturated rings. The largest absolute Gasteiger partial charge is 0.392 e. The number of fused-ring (bicyclic) bond motifs is 1. The summed E-state index contributed by atoms with van der Waals surface area (Å²) in [6, 6.07) is 12.1. The van der Waals surface area contributed by atoms with E-state index in [1.54, 1.807) is 6.20 Å². The minimum Gasteiger partial charge on any atom is -0.392 e. The molecule has 0 saturated heterocycles. The van der Waals surface area contributed by atoms with Crippen LogP contribution >= 0.6 is 0 Å². The molecule has 3 heteroatoms. The molecular weight excluding hydrogens is 224 g/mol. The summed E-state index contributed by atoms with van der Waals surface area (Å²) in [5.41, 5.74) is 3.22. The third-order valence-corrected chi connectivity index (χ3v) is 3.12. The minimum absolute atomic E-state index is 0.0639. The van der Waals surface area contributed by atoms with E-state index in [0.29, 0.717) is 0 Å². The third kappa shape index (κ3) is 1.89. The summed E-state index contributed by atoms with van der Waals surface area (Å²) in [6.45, 7) is 0.836. The Morgan fingerprint density at radius 1 is 1.11 bits per heavy atom. The van der Waals surface area contributed by atoms with Crippen molar-refractivity contribution in [2.24, 2.45) is 0 Å². The van der Waals surface area contributed by atoms with Gasteiger partial charge in [0, 0.05) is 30.7 Å². The number of aliphatic hydroxyl groups excluding tert-OH is 1. The van der Waals surface area contributed by atoms with Gasteiger partial charge in [-0.25, -0.2) is 0 Å². The molecule has 3 rings (SSSR count). The topological polar surface area (TPSA) is 38.0 Å². The van der Waals surface area contributed by atoms with Crippen LogP contribution in [-0.4, -0.2) is 14.7 Å². The molecule has 0 aliphatic heterocycles. The monoisotopic (exact) mass is 238 g/mol. The Labute approximate surface area is 105 Å². The van der Waals surface area contributed by atoms with Gasteiger partial charge in [0.05, 0.1) is 12.1 Å². The second kappa shape index (κ2) is 4.63. The first kappa shape index (κ1) is 11.0. The second-order valence-corrected chi connectivity index (χ2v) is 4.32. The van der Waals surface area contributed by atoms with Crippen LogP contribution in [0, 0.1) is 0 Å². The van der Waals surface area contributed by atoms with Crippen molar-refractivity contribution in [2.75, 3.05) is 0 Å². The van der Waals surface area contributed by atoms with Crippen molar-refractivity contribution >= 4 is 10.9 Å². The molecular formula is C15H14N2O. The minimum atomic E-state index is 0.0639. The maximum Gasteiger partial charge on any atom is 0.0702 e. The van der Waals surface area contributed by atoms with Crippen molar-refractivity contribution in [1.82, 2.24) is 9.55 Å². The summed E-state index contributed by atoms with van der Waals surface area (Å²) in [7, 11) is 0. The standard InChI is InChI=1S/C15H14N2O/c18-11-14-5-1-4-13-6-8-17(15(13)14)10-12-3-2-7-16-9-12/h1-9,18H,10-11H2. The first-order valence-corrected chi connectivity index (χ1v) is 5.95. The van der Waals surface area contributed by atoms with Crippen LogP contribution in [0.1, 0.15) is 11.1 Å². The van der Waals surface area contributed by atoms with E-state index in [2.05, 4.69) is 33.9 Å². The van der Waals surface area contributed by atoms with Crippen LogP contribution in [0.2, 0.25) is 0 Å². The fraction of sp³-hybridized carbons (Fsp3) is 0.133. The average Bonchev–Trinajstić information content (AvgIpc) is 2.83. The second-order valence-electron chi connectivity index (χ2n) is 4.32. The fourth-order valence-electron chi connectivity index (χ4n) is 2.29. The Kier molecular flexibility index (Phi) is 2.82. The zero-order chi connectivity index (χ0) is 12.4. The van der Waals surface area contributed by atoms with Gasteiger partial charge in [-0.15, -0.1) is 0 Å². The van der Waals surface area contributed by atoms with Crippen LogP contribution in [-0.2, 0) is 13.2 Å². The predicted octanol–water partition coefficient (Wildman–Crippen LogP) is 2.58. The number of pyridine rings is 1. The Morgan fingerprint density at radius 3 is 2.83 bits per heavy atom. The summed E-state index contributed by atoms with van der Waals surface area (Å²) in [4.78, 5) is 4.13. The fourth-order valence-corrected chi connectivity index (χ4v) is 2.29. The molecule has 0 saturated carbocycles. The van der Waals surface area contributed by atoms with Gasteiger partial charge in [0.1, 0.15) is 0 Å². The molecule has 3 nitrogen and oxygen atoms in total. The molecule has 18 heavy (non-hydrogen) atoms. The molecule has 90 valence electrons. The number of aliphatic hydroxyl groups is 1. The molecule has 1 N–H and O–H groups in total. The summed E-state index contributed by atoms with van der Waals surface area (Å²) >= 11 is 0. The Hall–Kier alpha value is -2.13. The summed E-state index contributed by atoms with van der Waals surface area (Å²) in [5, 5.41) is 10.6. The van der Waals surface area contributed by atoms with Gasteiger partial charge in [-0.3, -0.25) is 4.98 Å². The number of para-hydroxylation sites is 1. The van der Waals surface area contributed by atoms with Crippen LogP contribution in [0.3, 0.4) is 0 Å². The highest BCUT2D eigenvalue weighted by atomic mass is 16.3. The first-order chi connectivity index (χ1) is 8.88. The highest BCUT2D eigenvalue weighted by Crippen LogP contribution is 2.21. The van der Waals surface area contributed by atoms with Gasteiger partial charge in [-0.05, 0) is 23.1 Å². The molecule has 1 aromatic carbocycles. The van der Waals surface area contributed by atoms with Gasteiger partial charge in [-0.2, -0.15) is 0 Å². The SMILES string of the molecule is OCc1cccc2ccn(Cc3cccnc3)c12. The lowest BCUT2D eigenvalue weighted by Gasteiger charge is -2.08. The maximum atomic E-state index is 9.42. The quantitative estimate of drug-likeness (QED) is 0.761. The highest BCUT2D eigenvalue weighted by Gasteiger charge is 2.06. The molecule has 0 spiro atoms. The van der Waals surface area contributed by atoms with Gasteiger partial charge < -0.3 is 9.67 Å². The normalized spacial score (nSPS) is 10.9. The molecule has 0 aliphatic carbocycles. The van der Waals surface area contributed by atoms with Gasteiger partial charge >= 0.3 is 0 Å². The molecule has 2 aromatic heterocycles. The predicted molar refractivity (Wildman–Crippen MR) is 71.2 cm³/mol. The van der Waals surface area contributed by atoms with Gasteiger partial charge in [0.2, 0.25) is 0 Å². The molecule has 0 atom stereocenters. The number of aromatic nitrogens is 2. The van der Waals surface area contributed by atoms with Crippen molar-refractivity contribution in [3.8, 4) is 0 Å². The maximum absolute atomic E-state index is 9.42. The molecule has 0 aliphatic rings. The molecule has 0 radical (unpaired) electrons. The van der Waals surface area contributed by atoms with E-state index in [-0.39, 0.29) is 6.61 Å². The lowest BCUT2D eigenvalue weighted by molar-refractivity contribution is 0.283. The van der Waals surface area contributed by atoms with Gasteiger partial charge in [0.25, 0.3) is 0 Å². The number of hydrogen-bond donors (Lipinski definition) is 1. The van der Waals surface area contributed by atoms with Crippen LogP contribution in [0.25, 0.3) is 10.9 Å². The van der Waals surface area contributed by atoms with Gasteiger partial charge in [-0.1, -0.05) is 24.3 Å². The Morgan fingerprint density at radius 2 is 2.06 bits per heavy atom. The Balaban J connectivity index is 2.07. The smallest absolute Gasteiger partial charge is 0.0702 e. The van der Waals surface area contributed by atoms with E-state index in [4.69, 9.17) is 0 Å². The van der Waals surface area contributed by atoms with Crippen molar-refractivity contribution in [3.63, 3.8) is 0 Å². The van der Waals surface area contributed by atoms with Crippen molar-refractivity contribution < 1.29 is 5.11 Å². The molecule has 0 bridgehead atoms. The molecule has 0 unspecified atom stereocenters. The lowest BCUT2D eigenvalue weighted by Crippen LogP contribution is -2.00. The van der Waals surface area contributed by atoms with Crippen LogP contribution in [0.15, 0.2) is 55.0 Å². The van der Waals surface area contributed by atoms with Crippen molar-refractivity contribution in [2.45, 2.75) is 13.2 Å². The number of nitrogens with zero attached hydrogens (tertiary/aromatic N) is 2. The van der Waals surface area contributed by atoms with E-state index in [9.17, 15) is 5.11 Å². The van der Waals surface area contributed by atoms with Crippen LogP contribution in [0.4, 0.5) is 0 Å². The van der Waals surface area contributed by atoms with E-state index < -0.39 is 0 Å². The molecule has 3 aromatic rings. The van der Waals surface area contributed by atoms with E-state index in [1.165, 1.54) is 0 Å². The third-order valence-electron chi connectivity index (χ3n) is 3.12. The van der Waals surface area contributed by atoms with Crippen LogP contribution < -0.4 is 0 Å². The Bertz CT molecular complexity index is 659. The number of hydrogen-bond acceptors (Lipinski definition) is 2. The average molecular weight is 238 g/mol. The number of benzene rings is 1. The zero-order valence-electron chi connectivity index (χ0n) is 9.95. The summed E-state index contributed by atoms with van der Waals surface area (Å²) in [5.74, 6) is 0. The van der Waals surface area contributed by atoms with E-state index in [1.807, 2.05) is 24.4 Å². The molecule has 2 heterocycles. The zero-order valence-corrected chi connectivity index (χ0v) is 9.95. The van der Waals surface area contributed by atoms with Crippen molar-refractivity contribution in [3.05, 3.63) is 66.1 Å². The lowest BCUT2D eigenvalue weighted by atomic mass is 10.1. The van der Waals surface area contributed by atoms with E-state index >= 15 is 0 Å². The summed E-state index contributed by atoms with van der Waals surface area (Å²) < 4.78 is 2.15. The van der Waals surface area contributed by atoms with Crippen molar-refractivity contribution in [1.29, 1.82) is 0 Å². The van der Waals surface area contributed by atoms with Crippen LogP contribution in [0.5, 0.6) is 0 Å². The summed E-state index contributed by atoms with van der Waals surface area (Å²) in [6.07, 6.45) is 5.70. The molecule has 0 amide bonds. The number of rotatable bonds is 3. The van der Waals surface area contributed by atoms with E-state index in [0.717, 1.165) is 28.6 Å². The van der Waals surface area contributed by atoms with Gasteiger partial charge in [0.15, 0.2) is 0 Å².